The molecule has 2 heterocycles. The number of nitrogens with zero attached hydrogens (tertiary/aromatic N) is 3. The molecule has 0 atom stereocenters. The van der Waals surface area contributed by atoms with E-state index in [0.29, 0.717) is 0 Å². The van der Waals surface area contributed by atoms with E-state index in [1.165, 1.54) is 7.11 Å². The molecule has 0 saturated carbocycles. The van der Waals surface area contributed by atoms with Gasteiger partial charge >= 0.3 is 0 Å². The van der Waals surface area contributed by atoms with Crippen LogP contribution in [-0.2, 0) is 20.1 Å². The summed E-state index contributed by atoms with van der Waals surface area (Å²) in [6.07, 6.45) is 1.81. The molecule has 2 aromatic rings. The van der Waals surface area contributed by atoms with Crippen LogP contribution in [0.1, 0.15) is 11.1 Å². The fraction of sp³-hybridized carbons (Fsp3) is 0.421. The molecule has 3 rings (SSSR count). The van der Waals surface area contributed by atoms with E-state index < -0.39 is 0 Å². The number of benzene rings is 1. The number of ether oxygens (including phenoxy) is 1. The van der Waals surface area contributed by atoms with E-state index in [-0.39, 0.29) is 17.1 Å². The summed E-state index contributed by atoms with van der Waals surface area (Å²) in [6, 6.07) is 8.83. The van der Waals surface area contributed by atoms with Gasteiger partial charge in [0.2, 0.25) is 0 Å². The minimum Gasteiger partial charge on any atom is -0.494 e. The van der Waals surface area contributed by atoms with E-state index in [1.54, 1.807) is 29.8 Å². The first kappa shape index (κ1) is 17.6. The van der Waals surface area contributed by atoms with Gasteiger partial charge in [-0.2, -0.15) is 0 Å². The Balaban J connectivity index is 1.52. The maximum Gasteiger partial charge on any atom is 0.250 e. The van der Waals surface area contributed by atoms with Crippen LogP contribution in [0.4, 0.5) is 4.39 Å². The Labute approximate surface area is 147 Å². The van der Waals surface area contributed by atoms with E-state index in [0.717, 1.165) is 50.4 Å². The van der Waals surface area contributed by atoms with Crippen molar-refractivity contribution in [3.63, 3.8) is 0 Å². The second-order valence-corrected chi connectivity index (χ2v) is 6.51. The maximum absolute atomic E-state index is 13.8. The number of aromatic nitrogens is 1. The van der Waals surface area contributed by atoms with Crippen LogP contribution in [0.15, 0.2) is 41.3 Å². The van der Waals surface area contributed by atoms with Crippen molar-refractivity contribution >= 4 is 0 Å². The van der Waals surface area contributed by atoms with Crippen molar-refractivity contribution in [2.75, 3.05) is 33.3 Å². The Hall–Kier alpha value is -2.18. The third-order valence-electron chi connectivity index (χ3n) is 4.66. The molecule has 0 unspecified atom stereocenters. The fourth-order valence-corrected chi connectivity index (χ4v) is 3.12. The molecule has 0 bridgehead atoms. The summed E-state index contributed by atoms with van der Waals surface area (Å²) >= 11 is 0. The second kappa shape index (κ2) is 7.80. The van der Waals surface area contributed by atoms with E-state index in [9.17, 15) is 9.18 Å². The molecule has 0 spiro atoms. The number of hydrogen-bond acceptors (Lipinski definition) is 4. The molecule has 25 heavy (non-hydrogen) atoms. The van der Waals surface area contributed by atoms with Crippen LogP contribution >= 0.6 is 0 Å². The summed E-state index contributed by atoms with van der Waals surface area (Å²) < 4.78 is 20.3. The molecule has 1 aliphatic rings. The van der Waals surface area contributed by atoms with Crippen LogP contribution < -0.4 is 10.3 Å². The smallest absolute Gasteiger partial charge is 0.250 e. The lowest BCUT2D eigenvalue weighted by Crippen LogP contribution is -2.45. The van der Waals surface area contributed by atoms with E-state index in [4.69, 9.17) is 4.74 Å². The zero-order valence-corrected chi connectivity index (χ0v) is 14.7. The predicted molar refractivity (Wildman–Crippen MR) is 95.2 cm³/mol. The van der Waals surface area contributed by atoms with Crippen LogP contribution in [0, 0.1) is 5.82 Å². The highest BCUT2D eigenvalue weighted by atomic mass is 19.1. The normalized spacial score (nSPS) is 16.1. The SMILES string of the molecule is COc1ccc(CN2CCN(Cc3ccn(C)c(=O)c3)CC2)cc1F. The van der Waals surface area contributed by atoms with Gasteiger partial charge in [0.25, 0.3) is 5.56 Å². The van der Waals surface area contributed by atoms with Crippen molar-refractivity contribution in [3.8, 4) is 5.75 Å². The number of rotatable bonds is 5. The summed E-state index contributed by atoms with van der Waals surface area (Å²) in [7, 11) is 3.23. The largest absolute Gasteiger partial charge is 0.494 e. The molecular weight excluding hydrogens is 321 g/mol. The number of aryl methyl sites for hydroxylation is 1. The van der Waals surface area contributed by atoms with Gasteiger partial charge in [0.05, 0.1) is 7.11 Å². The molecule has 0 N–H and O–H groups in total. The second-order valence-electron chi connectivity index (χ2n) is 6.51. The fourth-order valence-electron chi connectivity index (χ4n) is 3.12. The van der Waals surface area contributed by atoms with Crippen molar-refractivity contribution in [3.05, 3.63) is 63.8 Å². The zero-order valence-electron chi connectivity index (χ0n) is 14.7. The van der Waals surface area contributed by atoms with Crippen LogP contribution in [0.5, 0.6) is 5.75 Å². The summed E-state index contributed by atoms with van der Waals surface area (Å²) in [5, 5.41) is 0. The van der Waals surface area contributed by atoms with E-state index in [2.05, 4.69) is 9.80 Å². The lowest BCUT2D eigenvalue weighted by molar-refractivity contribution is 0.122. The van der Waals surface area contributed by atoms with Crippen LogP contribution in [0.2, 0.25) is 0 Å². The lowest BCUT2D eigenvalue weighted by atomic mass is 10.1. The predicted octanol–water partition coefficient (Wildman–Crippen LogP) is 1.85. The monoisotopic (exact) mass is 345 g/mol. The molecule has 0 radical (unpaired) electrons. The van der Waals surface area contributed by atoms with Gasteiger partial charge in [-0.25, -0.2) is 4.39 Å². The van der Waals surface area contributed by atoms with Crippen molar-refractivity contribution in [2.24, 2.45) is 7.05 Å². The van der Waals surface area contributed by atoms with Gasteiger partial charge in [-0.3, -0.25) is 14.6 Å². The average Bonchev–Trinajstić information content (AvgIpc) is 2.60. The van der Waals surface area contributed by atoms with Crippen LogP contribution in [0.25, 0.3) is 0 Å². The molecule has 1 saturated heterocycles. The number of pyridine rings is 1. The maximum atomic E-state index is 13.8. The average molecular weight is 345 g/mol. The Bertz CT molecular complexity index is 782. The van der Waals surface area contributed by atoms with Crippen molar-refractivity contribution in [1.82, 2.24) is 14.4 Å². The van der Waals surface area contributed by atoms with Gasteiger partial charge in [-0.1, -0.05) is 6.07 Å². The lowest BCUT2D eigenvalue weighted by Gasteiger charge is -2.34. The third kappa shape index (κ3) is 4.46. The Morgan fingerprint density at radius 1 is 1.00 bits per heavy atom. The Morgan fingerprint density at radius 3 is 2.12 bits per heavy atom. The van der Waals surface area contributed by atoms with Gasteiger partial charge in [0, 0.05) is 58.6 Å². The number of halogens is 1. The topological polar surface area (TPSA) is 37.7 Å². The highest BCUT2D eigenvalue weighted by Crippen LogP contribution is 2.19. The van der Waals surface area contributed by atoms with Gasteiger partial charge in [0.15, 0.2) is 11.6 Å². The minimum atomic E-state index is -0.315. The van der Waals surface area contributed by atoms with Crippen LogP contribution in [0.3, 0.4) is 0 Å². The number of hydrogen-bond donors (Lipinski definition) is 0. The molecule has 0 aliphatic carbocycles. The minimum absolute atomic E-state index is 0.0256. The molecular formula is C19H24FN3O2. The van der Waals surface area contributed by atoms with Crippen molar-refractivity contribution < 1.29 is 9.13 Å². The summed E-state index contributed by atoms with van der Waals surface area (Å²) in [4.78, 5) is 16.4. The standard InChI is InChI=1S/C19H24FN3O2/c1-21-6-5-16(12-19(21)24)14-23-9-7-22(8-10-23)13-15-3-4-18(25-2)17(20)11-15/h3-6,11-12H,7-10,13-14H2,1-2H3. The van der Waals surface area contributed by atoms with Crippen LogP contribution in [-0.4, -0.2) is 47.7 Å². The van der Waals surface area contributed by atoms with Crippen molar-refractivity contribution in [1.29, 1.82) is 0 Å². The molecule has 1 aromatic carbocycles. The van der Waals surface area contributed by atoms with Gasteiger partial charge in [-0.05, 0) is 29.3 Å². The first-order valence-corrected chi connectivity index (χ1v) is 8.48. The third-order valence-corrected chi connectivity index (χ3v) is 4.66. The molecule has 1 fully saturated rings. The van der Waals surface area contributed by atoms with Gasteiger partial charge in [-0.15, -0.1) is 0 Å². The Kier molecular flexibility index (Phi) is 5.50. The molecule has 6 heteroatoms. The molecule has 1 aliphatic heterocycles. The highest BCUT2D eigenvalue weighted by molar-refractivity contribution is 5.29. The van der Waals surface area contributed by atoms with E-state index >= 15 is 0 Å². The Morgan fingerprint density at radius 2 is 1.60 bits per heavy atom. The van der Waals surface area contributed by atoms with Gasteiger partial charge < -0.3 is 9.30 Å². The summed E-state index contributed by atoms with van der Waals surface area (Å²) in [5.41, 5.74) is 2.03. The van der Waals surface area contributed by atoms with Crippen molar-refractivity contribution in [2.45, 2.75) is 13.1 Å². The number of methoxy groups -OCH3 is 1. The molecule has 0 amide bonds. The van der Waals surface area contributed by atoms with E-state index in [1.807, 2.05) is 18.3 Å². The number of piperazine rings is 1. The quantitative estimate of drug-likeness (QED) is 0.829. The first-order valence-electron chi connectivity index (χ1n) is 8.48. The summed E-state index contributed by atoms with van der Waals surface area (Å²) in [5.74, 6) is -0.0353. The molecule has 1 aromatic heterocycles. The molecule has 134 valence electrons. The first-order chi connectivity index (χ1) is 12.0. The van der Waals surface area contributed by atoms with Gasteiger partial charge in [0.1, 0.15) is 0 Å². The summed E-state index contributed by atoms with van der Waals surface area (Å²) in [6.45, 7) is 5.26. The molecule has 5 nitrogen and oxygen atoms in total. The zero-order chi connectivity index (χ0) is 17.8. The highest BCUT2D eigenvalue weighted by Gasteiger charge is 2.17.